The molecule has 1 heterocycles. The molecular weight excluding hydrogens is 224 g/mol. The maximum Gasteiger partial charge on any atom is 0.334 e. The van der Waals surface area contributed by atoms with E-state index in [0.29, 0.717) is 12.0 Å². The summed E-state index contributed by atoms with van der Waals surface area (Å²) in [5, 5.41) is 0. The van der Waals surface area contributed by atoms with Crippen LogP contribution in [-0.4, -0.2) is 38.4 Å². The lowest BCUT2D eigenvalue weighted by Crippen LogP contribution is -2.33. The van der Waals surface area contributed by atoms with Gasteiger partial charge in [-0.15, -0.1) is 0 Å². The largest absolute Gasteiger partial charge is 0.468 e. The van der Waals surface area contributed by atoms with Crippen LogP contribution in [0.4, 0.5) is 0 Å². The van der Waals surface area contributed by atoms with Crippen LogP contribution in [-0.2, 0) is 23.8 Å². The molecule has 4 atom stereocenters. The number of carbonyl (C=O) groups excluding carboxylic acids is 2. The van der Waals surface area contributed by atoms with Crippen molar-refractivity contribution in [3.63, 3.8) is 0 Å². The summed E-state index contributed by atoms with van der Waals surface area (Å²) in [6.45, 7) is 1.83. The third-order valence-electron chi connectivity index (χ3n) is 4.14. The number of hydrogen-bond acceptors (Lipinski definition) is 5. The lowest BCUT2D eigenvalue weighted by atomic mass is 9.82. The number of methoxy groups -OCH3 is 2. The van der Waals surface area contributed by atoms with Crippen LogP contribution in [0.25, 0.3) is 0 Å². The fourth-order valence-electron chi connectivity index (χ4n) is 3.21. The number of rotatable bonds is 2. The van der Waals surface area contributed by atoms with Crippen molar-refractivity contribution in [3.8, 4) is 0 Å². The van der Waals surface area contributed by atoms with Crippen LogP contribution in [0.5, 0.6) is 0 Å². The Balaban J connectivity index is 2.08. The zero-order chi connectivity index (χ0) is 12.4. The van der Waals surface area contributed by atoms with E-state index in [1.165, 1.54) is 14.2 Å². The van der Waals surface area contributed by atoms with Crippen molar-refractivity contribution in [2.45, 2.75) is 25.6 Å². The summed E-state index contributed by atoms with van der Waals surface area (Å²) in [5.41, 5.74) is 0.473. The lowest BCUT2D eigenvalue weighted by molar-refractivity contribution is -0.149. The Hall–Kier alpha value is -1.36. The zero-order valence-corrected chi connectivity index (χ0v) is 9.98. The van der Waals surface area contributed by atoms with Gasteiger partial charge >= 0.3 is 11.9 Å². The van der Waals surface area contributed by atoms with Gasteiger partial charge in [-0.2, -0.15) is 0 Å². The first-order valence-electron chi connectivity index (χ1n) is 5.61. The number of fused-ring (bicyclic) bond motifs is 3. The Bertz CT molecular complexity index is 452. The van der Waals surface area contributed by atoms with Gasteiger partial charge in [0.25, 0.3) is 0 Å². The van der Waals surface area contributed by atoms with Gasteiger partial charge in [0.15, 0.2) is 0 Å². The van der Waals surface area contributed by atoms with E-state index in [1.807, 2.05) is 6.92 Å². The van der Waals surface area contributed by atoms with E-state index in [-0.39, 0.29) is 24.1 Å². The highest BCUT2D eigenvalue weighted by Gasteiger charge is 2.76. The van der Waals surface area contributed by atoms with Crippen LogP contribution in [0.2, 0.25) is 0 Å². The van der Waals surface area contributed by atoms with Gasteiger partial charge in [0, 0.05) is 5.92 Å². The second kappa shape index (κ2) is 3.10. The van der Waals surface area contributed by atoms with Crippen molar-refractivity contribution < 1.29 is 23.8 Å². The summed E-state index contributed by atoms with van der Waals surface area (Å²) in [7, 11) is 2.67. The van der Waals surface area contributed by atoms with Crippen molar-refractivity contribution in [2.24, 2.45) is 11.3 Å². The second-order valence-electron chi connectivity index (χ2n) is 4.84. The maximum absolute atomic E-state index is 12.0. The molecule has 0 bridgehead atoms. The van der Waals surface area contributed by atoms with Crippen LogP contribution in [0.3, 0.4) is 0 Å². The molecule has 5 nitrogen and oxygen atoms in total. The lowest BCUT2D eigenvalue weighted by Gasteiger charge is -2.21. The monoisotopic (exact) mass is 238 g/mol. The van der Waals surface area contributed by atoms with Crippen LogP contribution < -0.4 is 0 Å². The molecule has 3 aliphatic rings. The first-order chi connectivity index (χ1) is 8.07. The summed E-state index contributed by atoms with van der Waals surface area (Å²) < 4.78 is 15.1. The normalized spacial score (nSPS) is 41.2. The predicted octanol–water partition coefficient (Wildman–Crippen LogP) is 0.436. The molecule has 0 spiro atoms. The zero-order valence-electron chi connectivity index (χ0n) is 9.98. The number of hydrogen-bond donors (Lipinski definition) is 0. The average molecular weight is 238 g/mol. The molecule has 0 aromatic rings. The SMILES string of the molecule is COC(=O)C1=C(C)[C@@H]2O[C@@H]2[C@@H]2C[C@]12C(=O)OC. The summed E-state index contributed by atoms with van der Waals surface area (Å²) in [4.78, 5) is 23.8. The minimum Gasteiger partial charge on any atom is -0.468 e. The highest BCUT2D eigenvalue weighted by atomic mass is 16.6. The Morgan fingerprint density at radius 2 is 2.06 bits per heavy atom. The molecule has 0 aromatic carbocycles. The van der Waals surface area contributed by atoms with Crippen LogP contribution in [0.15, 0.2) is 11.1 Å². The van der Waals surface area contributed by atoms with Crippen molar-refractivity contribution in [1.29, 1.82) is 0 Å². The summed E-state index contributed by atoms with van der Waals surface area (Å²) in [6, 6.07) is 0. The molecule has 1 saturated carbocycles. The molecule has 0 unspecified atom stereocenters. The van der Waals surface area contributed by atoms with Gasteiger partial charge in [-0.3, -0.25) is 4.79 Å². The van der Waals surface area contributed by atoms with Gasteiger partial charge < -0.3 is 14.2 Å². The quantitative estimate of drug-likeness (QED) is 0.516. The molecule has 2 fully saturated rings. The number of carbonyl (C=O) groups is 2. The molecule has 0 amide bonds. The van der Waals surface area contributed by atoms with Crippen molar-refractivity contribution in [2.75, 3.05) is 14.2 Å². The topological polar surface area (TPSA) is 65.1 Å². The molecule has 0 radical (unpaired) electrons. The smallest absolute Gasteiger partial charge is 0.334 e. The third kappa shape index (κ3) is 1.12. The van der Waals surface area contributed by atoms with E-state index in [0.717, 1.165) is 5.57 Å². The molecule has 3 rings (SSSR count). The third-order valence-corrected chi connectivity index (χ3v) is 4.14. The van der Waals surface area contributed by atoms with Gasteiger partial charge in [0.1, 0.15) is 11.5 Å². The van der Waals surface area contributed by atoms with Gasteiger partial charge in [-0.05, 0) is 18.9 Å². The number of ether oxygens (including phenoxy) is 3. The molecular formula is C12H14O5. The molecule has 0 aromatic heterocycles. The molecule has 17 heavy (non-hydrogen) atoms. The van der Waals surface area contributed by atoms with E-state index >= 15 is 0 Å². The molecule has 0 N–H and O–H groups in total. The van der Waals surface area contributed by atoms with E-state index in [2.05, 4.69) is 0 Å². The number of epoxide rings is 1. The average Bonchev–Trinajstić information content (AvgIpc) is 3.18. The highest BCUT2D eigenvalue weighted by Crippen LogP contribution is 2.69. The van der Waals surface area contributed by atoms with Crippen molar-refractivity contribution >= 4 is 11.9 Å². The molecule has 1 saturated heterocycles. The molecule has 2 aliphatic carbocycles. The Morgan fingerprint density at radius 3 is 2.65 bits per heavy atom. The minimum atomic E-state index is -0.802. The van der Waals surface area contributed by atoms with Gasteiger partial charge in [0.05, 0.1) is 25.9 Å². The Labute approximate surface area is 98.7 Å². The predicted molar refractivity (Wildman–Crippen MR) is 55.9 cm³/mol. The molecule has 92 valence electrons. The van der Waals surface area contributed by atoms with Crippen LogP contribution >= 0.6 is 0 Å². The molecule has 1 aliphatic heterocycles. The van der Waals surface area contributed by atoms with Crippen molar-refractivity contribution in [1.82, 2.24) is 0 Å². The summed E-state index contributed by atoms with van der Waals surface area (Å²) in [6.07, 6.45) is 0.708. The van der Waals surface area contributed by atoms with E-state index in [1.54, 1.807) is 0 Å². The van der Waals surface area contributed by atoms with Crippen LogP contribution in [0.1, 0.15) is 13.3 Å². The van der Waals surface area contributed by atoms with Crippen molar-refractivity contribution in [3.05, 3.63) is 11.1 Å². The fourth-order valence-corrected chi connectivity index (χ4v) is 3.21. The van der Waals surface area contributed by atoms with Gasteiger partial charge in [-0.25, -0.2) is 4.79 Å². The van der Waals surface area contributed by atoms with Gasteiger partial charge in [-0.1, -0.05) is 0 Å². The first kappa shape index (κ1) is 10.8. The Morgan fingerprint density at radius 1 is 1.35 bits per heavy atom. The van der Waals surface area contributed by atoms with E-state index < -0.39 is 11.4 Å². The van der Waals surface area contributed by atoms with Crippen LogP contribution in [0, 0.1) is 11.3 Å². The Kier molecular flexibility index (Phi) is 1.96. The standard InChI is InChI=1S/C12H14O5/c1-5-7(10(13)15-2)12(11(14)16-3)4-6(12)9-8(5)17-9/h6,8-9H,4H2,1-3H3/t6-,8-,9+,12+/m0/s1. The minimum absolute atomic E-state index is 0.00520. The number of esters is 2. The van der Waals surface area contributed by atoms with Gasteiger partial charge in [0.2, 0.25) is 0 Å². The summed E-state index contributed by atoms with van der Waals surface area (Å²) in [5.74, 6) is -0.710. The molecule has 5 heteroatoms. The maximum atomic E-state index is 12.0. The fraction of sp³-hybridized carbons (Fsp3) is 0.667. The second-order valence-corrected chi connectivity index (χ2v) is 4.84. The van der Waals surface area contributed by atoms with E-state index in [9.17, 15) is 9.59 Å². The van der Waals surface area contributed by atoms with E-state index in [4.69, 9.17) is 14.2 Å². The first-order valence-corrected chi connectivity index (χ1v) is 5.61. The summed E-state index contributed by atoms with van der Waals surface area (Å²) >= 11 is 0. The highest BCUT2D eigenvalue weighted by molar-refractivity contribution is 6.02.